The Morgan fingerprint density at radius 1 is 1.00 bits per heavy atom. The highest BCUT2D eigenvalue weighted by molar-refractivity contribution is 7.99. The SMILES string of the molecule is CC(C)Sc1ccc(-c2cnc(N)c(-c3cc(-c4ccc(CNC(O)O)cc4)no3)n2)cc1. The van der Waals surface area contributed by atoms with Crippen molar-refractivity contribution in [2.24, 2.45) is 0 Å². The number of hydrogen-bond donors (Lipinski definition) is 4. The van der Waals surface area contributed by atoms with Crippen LogP contribution in [0.25, 0.3) is 34.0 Å². The maximum absolute atomic E-state index is 8.92. The molecule has 0 radical (unpaired) electrons. The second-order valence-corrected chi connectivity index (χ2v) is 9.36. The number of nitrogen functional groups attached to an aromatic ring is 1. The average molecular weight is 464 g/mol. The summed E-state index contributed by atoms with van der Waals surface area (Å²) in [5, 5.41) is 25.0. The predicted octanol–water partition coefficient (Wildman–Crippen LogP) is 3.91. The Bertz CT molecular complexity index is 1210. The number of aromatic nitrogens is 3. The minimum atomic E-state index is -1.55. The summed E-state index contributed by atoms with van der Waals surface area (Å²) in [6, 6.07) is 17.5. The molecule has 0 bridgehead atoms. The van der Waals surface area contributed by atoms with E-state index < -0.39 is 6.41 Å². The van der Waals surface area contributed by atoms with Crippen LogP contribution in [0.4, 0.5) is 5.82 Å². The van der Waals surface area contributed by atoms with E-state index in [-0.39, 0.29) is 5.82 Å². The van der Waals surface area contributed by atoms with Crippen LogP contribution < -0.4 is 11.1 Å². The Balaban J connectivity index is 1.55. The van der Waals surface area contributed by atoms with Gasteiger partial charge in [0.25, 0.3) is 0 Å². The first-order valence-corrected chi connectivity index (χ1v) is 11.3. The normalized spacial score (nSPS) is 11.5. The fraction of sp³-hybridized carbons (Fsp3) is 0.208. The van der Waals surface area contributed by atoms with Gasteiger partial charge < -0.3 is 20.5 Å². The van der Waals surface area contributed by atoms with Gasteiger partial charge in [-0.25, -0.2) is 9.97 Å². The number of thioether (sulfide) groups is 1. The zero-order chi connectivity index (χ0) is 23.4. The van der Waals surface area contributed by atoms with Crippen molar-refractivity contribution < 1.29 is 14.7 Å². The van der Waals surface area contributed by atoms with E-state index in [1.807, 2.05) is 36.4 Å². The van der Waals surface area contributed by atoms with Crippen LogP contribution in [0.15, 0.2) is 70.2 Å². The van der Waals surface area contributed by atoms with Crippen molar-refractivity contribution in [2.45, 2.75) is 37.0 Å². The fourth-order valence-corrected chi connectivity index (χ4v) is 4.06. The highest BCUT2D eigenvalue weighted by Gasteiger charge is 2.15. The first-order valence-electron chi connectivity index (χ1n) is 10.4. The Labute approximate surface area is 195 Å². The number of aliphatic hydroxyl groups is 2. The van der Waals surface area contributed by atoms with Crippen LogP contribution in [0, 0.1) is 0 Å². The summed E-state index contributed by atoms with van der Waals surface area (Å²) in [6.45, 7) is 4.66. The van der Waals surface area contributed by atoms with Crippen molar-refractivity contribution in [1.29, 1.82) is 0 Å². The molecule has 2 aromatic heterocycles. The van der Waals surface area contributed by atoms with Gasteiger partial charge in [-0.1, -0.05) is 55.4 Å². The third-order valence-corrected chi connectivity index (χ3v) is 5.82. The van der Waals surface area contributed by atoms with Gasteiger partial charge >= 0.3 is 0 Å². The zero-order valence-corrected chi connectivity index (χ0v) is 19.1. The lowest BCUT2D eigenvalue weighted by Gasteiger charge is -2.07. The summed E-state index contributed by atoms with van der Waals surface area (Å²) in [5.74, 6) is 0.690. The Hall–Kier alpha value is -3.24. The van der Waals surface area contributed by atoms with Crippen molar-refractivity contribution >= 4 is 17.6 Å². The van der Waals surface area contributed by atoms with Crippen LogP contribution in [-0.2, 0) is 6.54 Å². The Morgan fingerprint density at radius 3 is 2.33 bits per heavy atom. The lowest BCUT2D eigenvalue weighted by atomic mass is 10.1. The van der Waals surface area contributed by atoms with Gasteiger partial charge in [0, 0.05) is 33.9 Å². The van der Waals surface area contributed by atoms with Gasteiger partial charge in [0.2, 0.25) is 6.41 Å². The molecule has 4 rings (SSSR count). The number of aliphatic hydroxyl groups excluding tert-OH is 1. The molecule has 0 aliphatic carbocycles. The molecule has 0 atom stereocenters. The van der Waals surface area contributed by atoms with Crippen molar-refractivity contribution in [3.05, 3.63) is 66.4 Å². The molecule has 0 saturated heterocycles. The van der Waals surface area contributed by atoms with Crippen LogP contribution >= 0.6 is 11.8 Å². The van der Waals surface area contributed by atoms with E-state index in [1.54, 1.807) is 24.0 Å². The van der Waals surface area contributed by atoms with E-state index >= 15 is 0 Å². The predicted molar refractivity (Wildman–Crippen MR) is 129 cm³/mol. The van der Waals surface area contributed by atoms with Crippen LogP contribution in [0.3, 0.4) is 0 Å². The summed E-state index contributed by atoms with van der Waals surface area (Å²) >= 11 is 1.81. The number of anilines is 1. The molecule has 0 unspecified atom stereocenters. The highest BCUT2D eigenvalue weighted by atomic mass is 32.2. The zero-order valence-electron chi connectivity index (χ0n) is 18.3. The van der Waals surface area contributed by atoms with Gasteiger partial charge in [-0.2, -0.15) is 0 Å². The molecular weight excluding hydrogens is 438 g/mol. The number of rotatable bonds is 8. The van der Waals surface area contributed by atoms with Crippen LogP contribution in [0.2, 0.25) is 0 Å². The van der Waals surface area contributed by atoms with Gasteiger partial charge in [-0.15, -0.1) is 11.8 Å². The van der Waals surface area contributed by atoms with E-state index in [0.717, 1.165) is 16.7 Å². The topological polar surface area (TPSA) is 130 Å². The molecule has 5 N–H and O–H groups in total. The number of nitrogens with two attached hydrogens (primary N) is 1. The van der Waals surface area contributed by atoms with Crippen LogP contribution in [0.5, 0.6) is 0 Å². The first kappa shape index (κ1) is 22.9. The maximum Gasteiger partial charge on any atom is 0.211 e. The van der Waals surface area contributed by atoms with Gasteiger partial charge in [-0.3, -0.25) is 5.32 Å². The van der Waals surface area contributed by atoms with E-state index in [4.69, 9.17) is 20.5 Å². The van der Waals surface area contributed by atoms with Crippen molar-refractivity contribution in [1.82, 2.24) is 20.4 Å². The Kier molecular flexibility index (Phi) is 7.05. The molecule has 8 nitrogen and oxygen atoms in total. The molecule has 0 aliphatic heterocycles. The lowest BCUT2D eigenvalue weighted by Crippen LogP contribution is -2.27. The first-order chi connectivity index (χ1) is 15.9. The molecule has 2 heterocycles. The molecule has 0 saturated carbocycles. The lowest BCUT2D eigenvalue weighted by molar-refractivity contribution is -0.0671. The van der Waals surface area contributed by atoms with Crippen molar-refractivity contribution in [2.75, 3.05) is 5.73 Å². The fourth-order valence-electron chi connectivity index (χ4n) is 3.22. The number of nitrogens with zero attached hydrogens (tertiary/aromatic N) is 3. The van der Waals surface area contributed by atoms with Gasteiger partial charge in [0.15, 0.2) is 17.3 Å². The van der Waals surface area contributed by atoms with Gasteiger partial charge in [-0.05, 0) is 17.7 Å². The summed E-state index contributed by atoms with van der Waals surface area (Å²) in [5.41, 5.74) is 10.5. The molecule has 0 aliphatic rings. The van der Waals surface area contributed by atoms with Crippen molar-refractivity contribution in [3.63, 3.8) is 0 Å². The van der Waals surface area contributed by atoms with Crippen LogP contribution in [0.1, 0.15) is 19.4 Å². The summed E-state index contributed by atoms with van der Waals surface area (Å²) in [4.78, 5) is 10.2. The molecule has 4 aromatic rings. The van der Waals surface area contributed by atoms with E-state index in [2.05, 4.69) is 46.4 Å². The molecule has 9 heteroatoms. The molecule has 0 fully saturated rings. The third kappa shape index (κ3) is 5.77. The Morgan fingerprint density at radius 2 is 1.67 bits per heavy atom. The second-order valence-electron chi connectivity index (χ2n) is 7.71. The summed E-state index contributed by atoms with van der Waals surface area (Å²) in [6.07, 6.45) is 0.0959. The highest BCUT2D eigenvalue weighted by Crippen LogP contribution is 2.31. The van der Waals surface area contributed by atoms with E-state index in [9.17, 15) is 0 Å². The molecule has 2 aromatic carbocycles. The second kappa shape index (κ2) is 10.1. The molecule has 0 spiro atoms. The van der Waals surface area contributed by atoms with E-state index in [0.29, 0.717) is 34.6 Å². The maximum atomic E-state index is 8.92. The van der Waals surface area contributed by atoms with Gasteiger partial charge in [0.1, 0.15) is 5.69 Å². The smallest absolute Gasteiger partial charge is 0.211 e. The van der Waals surface area contributed by atoms with Gasteiger partial charge in [0.05, 0.1) is 11.9 Å². The summed E-state index contributed by atoms with van der Waals surface area (Å²) < 4.78 is 5.53. The third-order valence-electron chi connectivity index (χ3n) is 4.80. The van der Waals surface area contributed by atoms with Crippen LogP contribution in [-0.4, -0.2) is 37.0 Å². The monoisotopic (exact) mass is 463 g/mol. The van der Waals surface area contributed by atoms with E-state index in [1.165, 1.54) is 4.90 Å². The molecule has 33 heavy (non-hydrogen) atoms. The molecule has 170 valence electrons. The minimum Gasteiger partial charge on any atom is -0.382 e. The molecule has 0 amide bonds. The van der Waals surface area contributed by atoms with Crippen molar-refractivity contribution in [3.8, 4) is 34.0 Å². The minimum absolute atomic E-state index is 0.261. The molecular formula is C24H25N5O3S. The number of benzene rings is 2. The summed E-state index contributed by atoms with van der Waals surface area (Å²) in [7, 11) is 0. The largest absolute Gasteiger partial charge is 0.382 e. The average Bonchev–Trinajstić information content (AvgIpc) is 3.28. The standard InChI is InChI=1S/C24H25N5O3S/c1-14(2)33-18-9-7-17(8-10-18)20-13-26-23(25)22(28-20)21-11-19(29-32-21)16-5-3-15(4-6-16)12-27-24(30)31/h3-11,13-14,24,27,30-31H,12H2,1-2H3,(H2,25,26). The quantitative estimate of drug-likeness (QED) is 0.227. The number of hydrogen-bond acceptors (Lipinski definition) is 9. The number of nitrogens with one attached hydrogen (secondary N) is 1.